The Morgan fingerprint density at radius 2 is 1.45 bits per heavy atom. The molecule has 1 aliphatic rings. The summed E-state index contributed by atoms with van der Waals surface area (Å²) in [7, 11) is 0. The van der Waals surface area contributed by atoms with Gasteiger partial charge >= 0.3 is 6.92 Å². The van der Waals surface area contributed by atoms with E-state index in [4.69, 9.17) is 4.65 Å². The van der Waals surface area contributed by atoms with E-state index < -0.39 is 6.92 Å². The summed E-state index contributed by atoms with van der Waals surface area (Å²) < 4.78 is 37.1. The topological polar surface area (TPSA) is 14.2 Å². The zero-order valence-corrected chi connectivity index (χ0v) is 15.3. The van der Waals surface area contributed by atoms with Crippen LogP contribution in [-0.4, -0.2) is 11.5 Å². The van der Waals surface area contributed by atoms with Crippen molar-refractivity contribution in [3.8, 4) is 11.4 Å². The van der Waals surface area contributed by atoms with Gasteiger partial charge in [-0.05, 0) is 59.5 Å². The Morgan fingerprint density at radius 3 is 2.31 bits per heavy atom. The minimum atomic E-state index is -0.464. The Kier molecular flexibility index (Phi) is 3.36. The van der Waals surface area contributed by atoms with Gasteiger partial charge in [-0.1, -0.05) is 36.4 Å². The Morgan fingerprint density at radius 1 is 0.690 bits per heavy atom. The second-order valence-electron chi connectivity index (χ2n) is 7.26. The number of hydrogen-bond acceptors (Lipinski definition) is 1. The molecule has 1 aromatic heterocycles. The molecule has 0 unspecified atom stereocenters. The average molecular weight is 381 g/mol. The van der Waals surface area contributed by atoms with Gasteiger partial charge < -0.3 is 9.22 Å². The van der Waals surface area contributed by atoms with Crippen molar-refractivity contribution in [1.82, 2.24) is 4.57 Å². The lowest BCUT2D eigenvalue weighted by Crippen LogP contribution is -2.52. The Balaban J connectivity index is 1.74. The highest BCUT2D eigenvalue weighted by atomic mass is 19.1. The van der Waals surface area contributed by atoms with Crippen molar-refractivity contribution in [3.05, 3.63) is 96.6 Å². The molecule has 4 aromatic carbocycles. The lowest BCUT2D eigenvalue weighted by molar-refractivity contribution is 0.590. The monoisotopic (exact) mass is 381 g/mol. The fourth-order valence-electron chi connectivity index (χ4n) is 4.41. The summed E-state index contributed by atoms with van der Waals surface area (Å²) in [5.41, 5.74) is 4.33. The van der Waals surface area contributed by atoms with Gasteiger partial charge in [0.25, 0.3) is 0 Å². The fraction of sp³-hybridized carbons (Fsp3) is 0. The van der Waals surface area contributed by atoms with Gasteiger partial charge in [-0.25, -0.2) is 8.78 Å². The molecule has 0 amide bonds. The molecule has 6 rings (SSSR count). The number of para-hydroxylation sites is 2. The van der Waals surface area contributed by atoms with Crippen LogP contribution in [0, 0.1) is 11.6 Å². The van der Waals surface area contributed by atoms with E-state index in [1.54, 1.807) is 6.07 Å². The summed E-state index contributed by atoms with van der Waals surface area (Å²) in [6.07, 6.45) is 0. The molecule has 1 aliphatic heterocycles. The summed E-state index contributed by atoms with van der Waals surface area (Å²) in [4.78, 5) is 0. The van der Waals surface area contributed by atoms with Gasteiger partial charge in [0.1, 0.15) is 11.6 Å². The molecule has 138 valence electrons. The number of hydrogen-bond donors (Lipinski definition) is 0. The molecule has 0 bridgehead atoms. The van der Waals surface area contributed by atoms with E-state index in [0.29, 0.717) is 16.5 Å². The maximum atomic E-state index is 14.7. The maximum Gasteiger partial charge on any atom is 0.430 e. The van der Waals surface area contributed by atoms with Crippen LogP contribution in [0.15, 0.2) is 84.9 Å². The highest BCUT2D eigenvalue weighted by Gasteiger charge is 2.36. The number of nitrogens with zero attached hydrogens (tertiary/aromatic N) is 1. The highest BCUT2D eigenvalue weighted by molar-refractivity contribution is 6.84. The number of benzene rings is 4. The minimum absolute atomic E-state index is 0.341. The van der Waals surface area contributed by atoms with Gasteiger partial charge in [-0.2, -0.15) is 0 Å². The Hall–Kier alpha value is -3.60. The van der Waals surface area contributed by atoms with Crippen molar-refractivity contribution >= 4 is 39.6 Å². The molecule has 5 aromatic rings. The van der Waals surface area contributed by atoms with Crippen molar-refractivity contribution in [2.75, 3.05) is 0 Å². The van der Waals surface area contributed by atoms with Crippen molar-refractivity contribution in [2.45, 2.75) is 0 Å². The van der Waals surface area contributed by atoms with Gasteiger partial charge in [-0.15, -0.1) is 0 Å². The largest absolute Gasteiger partial charge is 0.551 e. The van der Waals surface area contributed by atoms with Gasteiger partial charge in [0.15, 0.2) is 0 Å². The zero-order chi connectivity index (χ0) is 19.5. The molecular formula is C24H14BF2NO. The van der Waals surface area contributed by atoms with E-state index >= 15 is 0 Å². The fourth-order valence-corrected chi connectivity index (χ4v) is 4.41. The number of fused-ring (bicyclic) bond motifs is 5. The normalized spacial score (nSPS) is 12.4. The SMILES string of the molecule is Fc1ccc2c(c1)c1cc(F)cc3c1n2-c1ccccc1B3Oc1ccccc1. The molecule has 2 nitrogen and oxygen atoms in total. The van der Waals surface area contributed by atoms with E-state index in [-0.39, 0.29) is 11.6 Å². The van der Waals surface area contributed by atoms with Crippen molar-refractivity contribution in [3.63, 3.8) is 0 Å². The molecule has 5 heteroatoms. The summed E-state index contributed by atoms with van der Waals surface area (Å²) >= 11 is 0. The summed E-state index contributed by atoms with van der Waals surface area (Å²) in [6, 6.07) is 25.1. The summed E-state index contributed by atoms with van der Waals surface area (Å²) in [5, 5.41) is 1.38. The van der Waals surface area contributed by atoms with Crippen LogP contribution in [0.25, 0.3) is 27.5 Å². The molecule has 0 fully saturated rings. The standard InChI is InChI=1S/C24H14BF2NO/c26-15-10-11-22-18(12-15)19-13-16(27)14-21-24(19)28(22)23-9-5-4-8-20(23)25(21)29-17-6-2-1-3-7-17/h1-14H. The van der Waals surface area contributed by atoms with Gasteiger partial charge in [-0.3, -0.25) is 0 Å². The third-order valence-corrected chi connectivity index (χ3v) is 5.56. The zero-order valence-electron chi connectivity index (χ0n) is 15.3. The number of aromatic nitrogens is 1. The van der Waals surface area contributed by atoms with Crippen LogP contribution in [0.1, 0.15) is 0 Å². The first kappa shape index (κ1) is 16.4. The lowest BCUT2D eigenvalue weighted by Gasteiger charge is -2.26. The van der Waals surface area contributed by atoms with E-state index in [0.717, 1.165) is 27.6 Å². The molecule has 0 saturated heterocycles. The molecule has 0 aliphatic carbocycles. The van der Waals surface area contributed by atoms with Gasteiger partial charge in [0.2, 0.25) is 0 Å². The second kappa shape index (κ2) is 5.95. The average Bonchev–Trinajstić information content (AvgIpc) is 3.06. The van der Waals surface area contributed by atoms with Crippen LogP contribution in [0.3, 0.4) is 0 Å². The first-order valence-corrected chi connectivity index (χ1v) is 9.45. The quantitative estimate of drug-likeness (QED) is 0.409. The van der Waals surface area contributed by atoms with Crippen LogP contribution in [0.2, 0.25) is 0 Å². The van der Waals surface area contributed by atoms with E-state index in [1.165, 1.54) is 24.3 Å². The highest BCUT2D eigenvalue weighted by Crippen LogP contribution is 2.34. The Labute approximate surface area is 166 Å². The maximum absolute atomic E-state index is 14.7. The molecule has 29 heavy (non-hydrogen) atoms. The smallest absolute Gasteiger partial charge is 0.430 e. The third kappa shape index (κ3) is 2.34. The van der Waals surface area contributed by atoms with Crippen LogP contribution in [0.5, 0.6) is 5.75 Å². The summed E-state index contributed by atoms with van der Waals surface area (Å²) in [6.45, 7) is -0.464. The lowest BCUT2D eigenvalue weighted by atomic mass is 9.53. The number of rotatable bonds is 2. The molecule has 2 heterocycles. The van der Waals surface area contributed by atoms with Crippen LogP contribution in [0.4, 0.5) is 8.78 Å². The first-order valence-electron chi connectivity index (χ1n) is 9.45. The summed E-state index contributed by atoms with van der Waals surface area (Å²) in [5.74, 6) is 0.00385. The van der Waals surface area contributed by atoms with Gasteiger partial charge in [0, 0.05) is 16.5 Å². The molecule has 0 radical (unpaired) electrons. The first-order chi connectivity index (χ1) is 14.2. The van der Waals surface area contributed by atoms with Crippen molar-refractivity contribution in [2.24, 2.45) is 0 Å². The number of halogens is 2. The second-order valence-corrected chi connectivity index (χ2v) is 7.26. The van der Waals surface area contributed by atoms with Crippen molar-refractivity contribution < 1.29 is 13.4 Å². The van der Waals surface area contributed by atoms with E-state index in [9.17, 15) is 8.78 Å². The van der Waals surface area contributed by atoms with Crippen LogP contribution in [-0.2, 0) is 0 Å². The van der Waals surface area contributed by atoms with E-state index in [2.05, 4.69) is 4.57 Å². The van der Waals surface area contributed by atoms with Gasteiger partial charge in [0.05, 0.1) is 16.8 Å². The van der Waals surface area contributed by atoms with Crippen LogP contribution >= 0.6 is 0 Å². The van der Waals surface area contributed by atoms with Crippen molar-refractivity contribution in [1.29, 1.82) is 0 Å². The minimum Gasteiger partial charge on any atom is -0.551 e. The van der Waals surface area contributed by atoms with E-state index in [1.807, 2.05) is 54.6 Å². The third-order valence-electron chi connectivity index (χ3n) is 5.56. The van der Waals surface area contributed by atoms with Crippen LogP contribution < -0.4 is 15.6 Å². The molecular weight excluding hydrogens is 367 g/mol. The molecule has 0 saturated carbocycles. The molecule has 0 atom stereocenters. The predicted molar refractivity (Wildman–Crippen MR) is 113 cm³/mol. The molecule has 0 N–H and O–H groups in total. The predicted octanol–water partition coefficient (Wildman–Crippen LogP) is 4.56. The molecule has 0 spiro atoms. The Bertz CT molecular complexity index is 1410.